The zero-order valence-corrected chi connectivity index (χ0v) is 7.01. The molecule has 0 heterocycles. The molecule has 0 aliphatic rings. The number of carbonyl (C=O) groups excluding carboxylic acids is 2. The van der Waals surface area contributed by atoms with Gasteiger partial charge >= 0.3 is 5.97 Å². The monoisotopic (exact) mass is 173 g/mol. The van der Waals surface area contributed by atoms with Crippen LogP contribution in [0, 0.1) is 0 Å². The molecule has 0 radical (unpaired) electrons. The fourth-order valence-corrected chi connectivity index (χ4v) is 0.558. The SMILES string of the molecule is COC(=O)/C(N=C=O)=C(/C)S. The number of carbonyl (C=O) groups is 1. The molecule has 0 aromatic carbocycles. The molecular weight excluding hydrogens is 166 g/mol. The summed E-state index contributed by atoms with van der Waals surface area (Å²) in [6.45, 7) is 1.52. The van der Waals surface area contributed by atoms with Crippen LogP contribution >= 0.6 is 12.6 Å². The minimum absolute atomic E-state index is 0.120. The molecule has 0 unspecified atom stereocenters. The van der Waals surface area contributed by atoms with Gasteiger partial charge in [-0.1, -0.05) is 0 Å². The topological polar surface area (TPSA) is 55.7 Å². The van der Waals surface area contributed by atoms with Crippen LogP contribution in [0.3, 0.4) is 0 Å². The first kappa shape index (κ1) is 9.94. The molecule has 0 aliphatic heterocycles. The van der Waals surface area contributed by atoms with Gasteiger partial charge in [-0.25, -0.2) is 9.59 Å². The normalized spacial score (nSPS) is 11.2. The molecule has 60 valence electrons. The maximum atomic E-state index is 10.7. The predicted octanol–water partition coefficient (Wildman–Crippen LogP) is 0.656. The van der Waals surface area contributed by atoms with Gasteiger partial charge in [0, 0.05) is 4.91 Å². The third kappa shape index (κ3) is 3.02. The van der Waals surface area contributed by atoms with E-state index in [1.807, 2.05) is 0 Å². The van der Waals surface area contributed by atoms with E-state index in [0.29, 0.717) is 4.91 Å². The highest BCUT2D eigenvalue weighted by Gasteiger charge is 2.09. The van der Waals surface area contributed by atoms with Crippen LogP contribution < -0.4 is 0 Å². The highest BCUT2D eigenvalue weighted by molar-refractivity contribution is 7.84. The maximum absolute atomic E-state index is 10.7. The molecule has 4 nitrogen and oxygen atoms in total. The largest absolute Gasteiger partial charge is 0.464 e. The standard InChI is InChI=1S/C6H7NO3S/c1-4(11)5(7-3-8)6(9)10-2/h11H,1-2H3/b5-4+. The molecular formula is C6H7NO3S. The Morgan fingerprint density at radius 2 is 2.18 bits per heavy atom. The molecule has 0 aliphatic carbocycles. The Morgan fingerprint density at radius 3 is 2.45 bits per heavy atom. The molecule has 0 rings (SSSR count). The van der Waals surface area contributed by atoms with Crippen LogP contribution in [0.25, 0.3) is 0 Å². The Kier molecular flexibility index (Phi) is 4.26. The number of methoxy groups -OCH3 is 1. The second-order valence-electron chi connectivity index (χ2n) is 1.63. The highest BCUT2D eigenvalue weighted by Crippen LogP contribution is 2.09. The number of hydrogen-bond acceptors (Lipinski definition) is 5. The number of allylic oxidation sites excluding steroid dienone is 1. The molecule has 0 N–H and O–H groups in total. The summed E-state index contributed by atoms with van der Waals surface area (Å²) in [5.41, 5.74) is -0.120. The number of nitrogens with zero attached hydrogens (tertiary/aromatic N) is 1. The molecule has 0 spiro atoms. The fourth-order valence-electron chi connectivity index (χ4n) is 0.417. The first-order valence-corrected chi connectivity index (χ1v) is 3.14. The smallest absolute Gasteiger partial charge is 0.358 e. The summed E-state index contributed by atoms with van der Waals surface area (Å²) in [6, 6.07) is 0. The quantitative estimate of drug-likeness (QED) is 0.219. The molecule has 0 aromatic heterocycles. The van der Waals surface area contributed by atoms with Crippen LogP contribution in [0.4, 0.5) is 0 Å². The van der Waals surface area contributed by atoms with Gasteiger partial charge in [-0.2, -0.15) is 4.99 Å². The highest BCUT2D eigenvalue weighted by atomic mass is 32.1. The predicted molar refractivity (Wildman–Crippen MR) is 41.8 cm³/mol. The summed E-state index contributed by atoms with van der Waals surface area (Å²) in [6.07, 6.45) is 1.23. The van der Waals surface area contributed by atoms with E-state index in [-0.39, 0.29) is 5.70 Å². The summed E-state index contributed by atoms with van der Waals surface area (Å²) >= 11 is 3.83. The van der Waals surface area contributed by atoms with Gasteiger partial charge in [0.05, 0.1) is 7.11 Å². The third-order valence-corrected chi connectivity index (χ3v) is 1.09. The van der Waals surface area contributed by atoms with Crippen molar-refractivity contribution in [2.45, 2.75) is 6.92 Å². The molecule has 0 fully saturated rings. The van der Waals surface area contributed by atoms with Crippen molar-refractivity contribution in [2.75, 3.05) is 7.11 Å². The maximum Gasteiger partial charge on any atom is 0.358 e. The summed E-state index contributed by atoms with van der Waals surface area (Å²) < 4.78 is 4.31. The molecule has 0 saturated heterocycles. The van der Waals surface area contributed by atoms with Crippen LogP contribution in [0.2, 0.25) is 0 Å². The lowest BCUT2D eigenvalue weighted by molar-refractivity contribution is -0.136. The van der Waals surface area contributed by atoms with E-state index in [9.17, 15) is 9.59 Å². The zero-order valence-electron chi connectivity index (χ0n) is 6.12. The van der Waals surface area contributed by atoms with Crippen molar-refractivity contribution in [1.29, 1.82) is 0 Å². The molecule has 0 amide bonds. The number of isocyanates is 1. The lowest BCUT2D eigenvalue weighted by atomic mass is 10.4. The second-order valence-corrected chi connectivity index (χ2v) is 2.30. The number of aliphatic imine (C=N–C) groups is 1. The minimum atomic E-state index is -0.694. The fraction of sp³-hybridized carbons (Fsp3) is 0.333. The van der Waals surface area contributed by atoms with E-state index < -0.39 is 5.97 Å². The van der Waals surface area contributed by atoms with Crippen molar-refractivity contribution in [2.24, 2.45) is 4.99 Å². The first-order chi connectivity index (χ1) is 5.13. The minimum Gasteiger partial charge on any atom is -0.464 e. The lowest BCUT2D eigenvalue weighted by Crippen LogP contribution is -2.03. The molecule has 5 heteroatoms. The Labute approximate surface area is 69.4 Å². The van der Waals surface area contributed by atoms with Crippen molar-refractivity contribution in [3.63, 3.8) is 0 Å². The van der Waals surface area contributed by atoms with Crippen molar-refractivity contribution >= 4 is 24.7 Å². The van der Waals surface area contributed by atoms with E-state index in [4.69, 9.17) is 0 Å². The van der Waals surface area contributed by atoms with Crippen LogP contribution in [0.15, 0.2) is 15.6 Å². The van der Waals surface area contributed by atoms with Gasteiger partial charge in [0.25, 0.3) is 0 Å². The van der Waals surface area contributed by atoms with Gasteiger partial charge in [0.15, 0.2) is 5.70 Å². The summed E-state index contributed by atoms with van der Waals surface area (Å²) in [7, 11) is 1.19. The van der Waals surface area contributed by atoms with Gasteiger partial charge in [0.1, 0.15) is 0 Å². The van der Waals surface area contributed by atoms with Gasteiger partial charge in [0.2, 0.25) is 6.08 Å². The van der Waals surface area contributed by atoms with Gasteiger partial charge in [-0.15, -0.1) is 12.6 Å². The molecule has 0 saturated carbocycles. The third-order valence-electron chi connectivity index (χ3n) is 0.879. The van der Waals surface area contributed by atoms with Crippen LogP contribution in [0.5, 0.6) is 0 Å². The number of rotatable bonds is 2. The molecule has 11 heavy (non-hydrogen) atoms. The van der Waals surface area contributed by atoms with Crippen molar-refractivity contribution in [1.82, 2.24) is 0 Å². The van der Waals surface area contributed by atoms with E-state index in [2.05, 4.69) is 22.4 Å². The average Bonchev–Trinajstić information content (AvgIpc) is 1.98. The average molecular weight is 173 g/mol. The Morgan fingerprint density at radius 1 is 1.64 bits per heavy atom. The molecule has 0 aromatic rings. The lowest BCUT2D eigenvalue weighted by Gasteiger charge is -1.97. The number of esters is 1. The number of ether oxygens (including phenoxy) is 1. The van der Waals surface area contributed by atoms with Crippen LogP contribution in [-0.4, -0.2) is 19.2 Å². The van der Waals surface area contributed by atoms with E-state index in [0.717, 1.165) is 0 Å². The van der Waals surface area contributed by atoms with Gasteiger partial charge in [-0.05, 0) is 6.92 Å². The number of thiol groups is 1. The Balaban J connectivity index is 4.77. The number of hydrogen-bond donors (Lipinski definition) is 1. The Bertz CT molecular complexity index is 236. The van der Waals surface area contributed by atoms with Crippen molar-refractivity contribution in [3.8, 4) is 0 Å². The molecule has 0 bridgehead atoms. The second kappa shape index (κ2) is 4.71. The van der Waals surface area contributed by atoms with Gasteiger partial charge in [-0.3, -0.25) is 0 Å². The van der Waals surface area contributed by atoms with Gasteiger partial charge < -0.3 is 4.74 Å². The molecule has 0 atom stereocenters. The summed E-state index contributed by atoms with van der Waals surface area (Å²) in [5.74, 6) is -0.694. The summed E-state index contributed by atoms with van der Waals surface area (Å²) in [5, 5.41) is 0. The summed E-state index contributed by atoms with van der Waals surface area (Å²) in [4.78, 5) is 24.0. The van der Waals surface area contributed by atoms with Crippen LogP contribution in [-0.2, 0) is 14.3 Å². The van der Waals surface area contributed by atoms with E-state index in [1.165, 1.54) is 20.1 Å². The van der Waals surface area contributed by atoms with Crippen molar-refractivity contribution < 1.29 is 14.3 Å². The van der Waals surface area contributed by atoms with E-state index >= 15 is 0 Å². The zero-order chi connectivity index (χ0) is 8.85. The van der Waals surface area contributed by atoms with E-state index in [1.54, 1.807) is 0 Å². The van der Waals surface area contributed by atoms with Crippen LogP contribution in [0.1, 0.15) is 6.92 Å². The Hall–Kier alpha value is -1.06. The first-order valence-electron chi connectivity index (χ1n) is 2.69. The van der Waals surface area contributed by atoms with Crippen molar-refractivity contribution in [3.05, 3.63) is 10.6 Å².